The van der Waals surface area contributed by atoms with Gasteiger partial charge in [0.2, 0.25) is 0 Å². The van der Waals surface area contributed by atoms with Crippen LogP contribution in [-0.4, -0.2) is 30.7 Å². The van der Waals surface area contributed by atoms with E-state index in [-0.39, 0.29) is 0 Å². The first-order valence-electron chi connectivity index (χ1n) is 3.69. The maximum atomic E-state index is 12.5. The van der Waals surface area contributed by atoms with E-state index in [2.05, 4.69) is 11.8 Å². The zero-order valence-electron chi connectivity index (χ0n) is 5.94. The molecule has 1 saturated heterocycles. The summed E-state index contributed by atoms with van der Waals surface area (Å²) in [6, 6.07) is 0. The lowest BCUT2D eigenvalue weighted by atomic mass is 10.3. The molecule has 1 aliphatic rings. The van der Waals surface area contributed by atoms with Crippen LogP contribution in [0.5, 0.6) is 0 Å². The van der Waals surface area contributed by atoms with Crippen molar-refractivity contribution < 1.29 is 4.39 Å². The third kappa shape index (κ3) is 1.94. The largest absolute Gasteiger partial charge is 0.300 e. The summed E-state index contributed by atoms with van der Waals surface area (Å²) < 4.78 is 12.5. The van der Waals surface area contributed by atoms with Crippen LogP contribution >= 0.6 is 0 Å². The molecule has 0 amide bonds. The number of hydrogen-bond donors (Lipinski definition) is 0. The fourth-order valence-electron chi connectivity index (χ4n) is 1.30. The molecular formula is C7H14FN. The number of nitrogens with zero attached hydrogens (tertiary/aromatic N) is 1. The molecule has 0 aromatic rings. The highest BCUT2D eigenvalue weighted by Crippen LogP contribution is 2.11. The third-order valence-electron chi connectivity index (χ3n) is 1.75. The van der Waals surface area contributed by atoms with Crippen molar-refractivity contribution in [2.24, 2.45) is 0 Å². The molecule has 0 radical (unpaired) electrons. The van der Waals surface area contributed by atoms with E-state index in [1.165, 1.54) is 0 Å². The summed E-state index contributed by atoms with van der Waals surface area (Å²) in [5, 5.41) is 0. The van der Waals surface area contributed by atoms with Gasteiger partial charge in [0.25, 0.3) is 0 Å². The first kappa shape index (κ1) is 7.00. The van der Waals surface area contributed by atoms with Crippen molar-refractivity contribution >= 4 is 0 Å². The van der Waals surface area contributed by atoms with Gasteiger partial charge in [-0.3, -0.25) is 0 Å². The van der Waals surface area contributed by atoms with Crippen molar-refractivity contribution in [2.75, 3.05) is 19.6 Å². The Morgan fingerprint density at radius 1 is 1.67 bits per heavy atom. The van der Waals surface area contributed by atoms with Crippen molar-refractivity contribution in [3.05, 3.63) is 0 Å². The Morgan fingerprint density at radius 2 is 2.44 bits per heavy atom. The van der Waals surface area contributed by atoms with Crippen molar-refractivity contribution in [1.29, 1.82) is 0 Å². The second kappa shape index (κ2) is 3.16. The Kier molecular flexibility index (Phi) is 2.46. The molecule has 0 bridgehead atoms. The summed E-state index contributed by atoms with van der Waals surface area (Å²) in [6.45, 7) is 4.84. The Hall–Kier alpha value is -0.110. The summed E-state index contributed by atoms with van der Waals surface area (Å²) in [5.74, 6) is 0. The van der Waals surface area contributed by atoms with Gasteiger partial charge in [-0.05, 0) is 19.4 Å². The van der Waals surface area contributed by atoms with Crippen LogP contribution in [0.25, 0.3) is 0 Å². The molecule has 0 aliphatic carbocycles. The highest BCUT2D eigenvalue weighted by molar-refractivity contribution is 4.73. The molecule has 0 unspecified atom stereocenters. The molecule has 1 nitrogen and oxygen atoms in total. The molecular weight excluding hydrogens is 117 g/mol. The highest BCUT2D eigenvalue weighted by Gasteiger charge is 2.19. The maximum Gasteiger partial charge on any atom is 0.114 e. The van der Waals surface area contributed by atoms with Crippen LogP contribution in [0.3, 0.4) is 0 Å². The molecule has 0 aromatic carbocycles. The minimum atomic E-state index is -0.545. The van der Waals surface area contributed by atoms with E-state index < -0.39 is 6.17 Å². The van der Waals surface area contributed by atoms with Crippen molar-refractivity contribution in [2.45, 2.75) is 25.9 Å². The lowest BCUT2D eigenvalue weighted by Crippen LogP contribution is -2.21. The summed E-state index contributed by atoms with van der Waals surface area (Å²) >= 11 is 0. The summed E-state index contributed by atoms with van der Waals surface area (Å²) in [6.07, 6.45) is 1.35. The fourth-order valence-corrected chi connectivity index (χ4v) is 1.30. The van der Waals surface area contributed by atoms with E-state index in [1.807, 2.05) is 0 Å². The first-order chi connectivity index (χ1) is 4.33. The molecule has 1 atom stereocenters. The quantitative estimate of drug-likeness (QED) is 0.548. The highest BCUT2D eigenvalue weighted by atomic mass is 19.1. The third-order valence-corrected chi connectivity index (χ3v) is 1.75. The smallest absolute Gasteiger partial charge is 0.114 e. The van der Waals surface area contributed by atoms with E-state index in [0.717, 1.165) is 25.9 Å². The number of likely N-dealkylation sites (tertiary alicyclic amines) is 1. The van der Waals surface area contributed by atoms with Gasteiger partial charge >= 0.3 is 0 Å². The first-order valence-corrected chi connectivity index (χ1v) is 3.69. The van der Waals surface area contributed by atoms with Crippen LogP contribution < -0.4 is 0 Å². The molecule has 1 rings (SSSR count). The lowest BCUT2D eigenvalue weighted by Gasteiger charge is -2.11. The van der Waals surface area contributed by atoms with Crippen molar-refractivity contribution in [3.63, 3.8) is 0 Å². The van der Waals surface area contributed by atoms with Crippen LogP contribution in [0, 0.1) is 0 Å². The summed E-state index contributed by atoms with van der Waals surface area (Å²) in [4.78, 5) is 2.19. The lowest BCUT2D eigenvalue weighted by molar-refractivity contribution is 0.288. The Labute approximate surface area is 55.8 Å². The van der Waals surface area contributed by atoms with Gasteiger partial charge in [0.1, 0.15) is 6.17 Å². The van der Waals surface area contributed by atoms with Gasteiger partial charge in [-0.1, -0.05) is 6.92 Å². The van der Waals surface area contributed by atoms with E-state index in [1.54, 1.807) is 0 Å². The number of halogens is 1. The van der Waals surface area contributed by atoms with E-state index in [4.69, 9.17) is 0 Å². The monoisotopic (exact) mass is 131 g/mol. The molecule has 1 heterocycles. The zero-order valence-corrected chi connectivity index (χ0v) is 5.94. The van der Waals surface area contributed by atoms with Gasteiger partial charge in [0.05, 0.1) is 0 Å². The molecule has 2 heteroatoms. The molecule has 1 fully saturated rings. The van der Waals surface area contributed by atoms with Gasteiger partial charge < -0.3 is 4.90 Å². The Bertz CT molecular complexity index is 83.0. The minimum absolute atomic E-state index is 0.545. The van der Waals surface area contributed by atoms with Crippen LogP contribution in [0.2, 0.25) is 0 Å². The van der Waals surface area contributed by atoms with Crippen LogP contribution in [0.15, 0.2) is 0 Å². The van der Waals surface area contributed by atoms with Gasteiger partial charge in [-0.25, -0.2) is 4.39 Å². The SMILES string of the molecule is CCCN1CC[C@@H](F)C1. The summed E-state index contributed by atoms with van der Waals surface area (Å²) in [7, 11) is 0. The van der Waals surface area contributed by atoms with Gasteiger partial charge in [0, 0.05) is 13.1 Å². The fraction of sp³-hybridized carbons (Fsp3) is 1.00. The molecule has 0 N–H and O–H groups in total. The van der Waals surface area contributed by atoms with Crippen LogP contribution in [0.1, 0.15) is 19.8 Å². The van der Waals surface area contributed by atoms with Gasteiger partial charge in [-0.15, -0.1) is 0 Å². The number of hydrogen-bond acceptors (Lipinski definition) is 1. The summed E-state index contributed by atoms with van der Waals surface area (Å²) in [5.41, 5.74) is 0. The standard InChI is InChI=1S/C7H14FN/c1-2-4-9-5-3-7(8)6-9/h7H,2-6H2,1H3/t7-/m1/s1. The van der Waals surface area contributed by atoms with E-state index >= 15 is 0 Å². The number of alkyl halides is 1. The van der Waals surface area contributed by atoms with Gasteiger partial charge in [0.15, 0.2) is 0 Å². The maximum absolute atomic E-state index is 12.5. The Morgan fingerprint density at radius 3 is 2.89 bits per heavy atom. The van der Waals surface area contributed by atoms with Crippen molar-refractivity contribution in [3.8, 4) is 0 Å². The molecule has 0 spiro atoms. The van der Waals surface area contributed by atoms with Gasteiger partial charge in [-0.2, -0.15) is 0 Å². The molecule has 0 saturated carbocycles. The molecule has 9 heavy (non-hydrogen) atoms. The van der Waals surface area contributed by atoms with E-state index in [0.29, 0.717) is 6.54 Å². The van der Waals surface area contributed by atoms with Crippen LogP contribution in [-0.2, 0) is 0 Å². The average Bonchev–Trinajstić information content (AvgIpc) is 2.17. The zero-order chi connectivity index (χ0) is 6.69. The molecule has 0 aromatic heterocycles. The van der Waals surface area contributed by atoms with E-state index in [9.17, 15) is 4.39 Å². The van der Waals surface area contributed by atoms with Crippen molar-refractivity contribution in [1.82, 2.24) is 4.90 Å². The number of rotatable bonds is 2. The second-order valence-corrected chi connectivity index (χ2v) is 2.69. The second-order valence-electron chi connectivity index (χ2n) is 2.69. The predicted octanol–water partition coefficient (Wildman–Crippen LogP) is 1.44. The predicted molar refractivity (Wildman–Crippen MR) is 36.2 cm³/mol. The topological polar surface area (TPSA) is 3.24 Å². The van der Waals surface area contributed by atoms with Crippen LogP contribution in [0.4, 0.5) is 4.39 Å². The average molecular weight is 131 g/mol. The molecule has 54 valence electrons. The molecule has 1 aliphatic heterocycles. The minimum Gasteiger partial charge on any atom is -0.300 e. The normalized spacial score (nSPS) is 29.3. The Balaban J connectivity index is 2.14.